The van der Waals surface area contributed by atoms with Crippen molar-refractivity contribution in [1.29, 1.82) is 0 Å². The first kappa shape index (κ1) is 21.0. The molecule has 1 amide bonds. The molecule has 0 heterocycles. The number of nitrogens with zero attached hydrogens (tertiary/aromatic N) is 2. The number of rotatable bonds is 7. The molecule has 0 aliphatic heterocycles. The largest absolute Gasteiger partial charge is 0.507 e. The van der Waals surface area contributed by atoms with Gasteiger partial charge in [-0.1, -0.05) is 12.1 Å². The number of hydrogen-bond donors (Lipinski definition) is 2. The van der Waals surface area contributed by atoms with Gasteiger partial charge in [0, 0.05) is 12.1 Å². The molecular formula is C21H16BrN3O5. The van der Waals surface area contributed by atoms with Gasteiger partial charge in [-0.15, -0.1) is 0 Å². The van der Waals surface area contributed by atoms with Gasteiger partial charge in [0.1, 0.15) is 18.1 Å². The third-order valence-electron chi connectivity index (χ3n) is 4.03. The van der Waals surface area contributed by atoms with Crippen LogP contribution in [0.3, 0.4) is 0 Å². The fourth-order valence-corrected chi connectivity index (χ4v) is 2.99. The lowest BCUT2D eigenvalue weighted by Crippen LogP contribution is -2.17. The van der Waals surface area contributed by atoms with Crippen molar-refractivity contribution in [3.05, 3.63) is 98.0 Å². The highest BCUT2D eigenvalue weighted by molar-refractivity contribution is 9.10. The number of benzene rings is 3. The van der Waals surface area contributed by atoms with Gasteiger partial charge in [0.05, 0.1) is 21.2 Å². The van der Waals surface area contributed by atoms with E-state index >= 15 is 0 Å². The number of phenols is 1. The fourth-order valence-electron chi connectivity index (χ4n) is 2.48. The predicted octanol–water partition coefficient (Wildman–Crippen LogP) is 4.41. The van der Waals surface area contributed by atoms with Crippen molar-refractivity contribution in [3.63, 3.8) is 0 Å². The number of para-hydroxylation sites is 1. The zero-order valence-corrected chi connectivity index (χ0v) is 17.1. The molecule has 0 saturated heterocycles. The van der Waals surface area contributed by atoms with E-state index in [1.807, 2.05) is 0 Å². The summed E-state index contributed by atoms with van der Waals surface area (Å²) in [5, 5.41) is 24.3. The van der Waals surface area contributed by atoms with Crippen molar-refractivity contribution < 1.29 is 19.6 Å². The summed E-state index contributed by atoms with van der Waals surface area (Å²) in [6.45, 7) is 0.251. The smallest absolute Gasteiger partial charge is 0.275 e. The maximum absolute atomic E-state index is 12.0. The van der Waals surface area contributed by atoms with Crippen molar-refractivity contribution in [1.82, 2.24) is 5.43 Å². The van der Waals surface area contributed by atoms with E-state index in [0.717, 1.165) is 5.56 Å². The molecule has 0 bridgehead atoms. The molecular weight excluding hydrogens is 454 g/mol. The summed E-state index contributed by atoms with van der Waals surface area (Å²) in [7, 11) is 0. The highest BCUT2D eigenvalue weighted by Crippen LogP contribution is 2.26. The molecule has 9 heteroatoms. The van der Waals surface area contributed by atoms with Crippen LogP contribution in [0.25, 0.3) is 0 Å². The van der Waals surface area contributed by atoms with E-state index in [1.165, 1.54) is 30.5 Å². The SMILES string of the molecule is O=C(N/N=C/c1ccc(OCc2ccc([N+](=O)[O-])cc2)c(Br)c1)c1ccccc1O. The molecule has 3 aromatic rings. The number of amides is 1. The Hall–Kier alpha value is -3.72. The second kappa shape index (κ2) is 9.66. The van der Waals surface area contributed by atoms with Crippen molar-refractivity contribution in [3.8, 4) is 11.5 Å². The number of nitro groups is 1. The van der Waals surface area contributed by atoms with Gasteiger partial charge in [0.15, 0.2) is 0 Å². The minimum absolute atomic E-state index is 0.0261. The van der Waals surface area contributed by atoms with Gasteiger partial charge >= 0.3 is 0 Å². The lowest BCUT2D eigenvalue weighted by molar-refractivity contribution is -0.384. The molecule has 0 spiro atoms. The van der Waals surface area contributed by atoms with Gasteiger partial charge in [0.25, 0.3) is 11.6 Å². The van der Waals surface area contributed by atoms with Gasteiger partial charge in [-0.2, -0.15) is 5.10 Å². The summed E-state index contributed by atoms with van der Waals surface area (Å²) in [5.74, 6) is -0.0577. The van der Waals surface area contributed by atoms with Gasteiger partial charge in [-0.05, 0) is 69.5 Å². The quantitative estimate of drug-likeness (QED) is 0.302. The molecule has 2 N–H and O–H groups in total. The molecule has 0 aliphatic carbocycles. The van der Waals surface area contributed by atoms with Crippen LogP contribution in [0.5, 0.6) is 11.5 Å². The number of nitrogens with one attached hydrogen (secondary N) is 1. The molecule has 8 nitrogen and oxygen atoms in total. The number of carbonyl (C=O) groups excluding carboxylic acids is 1. The molecule has 0 atom stereocenters. The van der Waals surface area contributed by atoms with Crippen LogP contribution in [-0.4, -0.2) is 22.2 Å². The van der Waals surface area contributed by atoms with Crippen LogP contribution in [0, 0.1) is 10.1 Å². The summed E-state index contributed by atoms with van der Waals surface area (Å²) in [6.07, 6.45) is 1.46. The molecule has 0 unspecified atom stereocenters. The maximum atomic E-state index is 12.0. The lowest BCUT2D eigenvalue weighted by Gasteiger charge is -2.09. The number of hydrazone groups is 1. The number of hydrogen-bond acceptors (Lipinski definition) is 6. The number of aromatic hydroxyl groups is 1. The molecule has 30 heavy (non-hydrogen) atoms. The van der Waals surface area contributed by atoms with Crippen LogP contribution in [0.2, 0.25) is 0 Å². The van der Waals surface area contributed by atoms with Crippen LogP contribution >= 0.6 is 15.9 Å². The summed E-state index contributed by atoms with van der Waals surface area (Å²) in [6, 6.07) is 17.6. The first-order chi connectivity index (χ1) is 14.4. The summed E-state index contributed by atoms with van der Waals surface area (Å²) >= 11 is 3.42. The highest BCUT2D eigenvalue weighted by atomic mass is 79.9. The Morgan fingerprint density at radius 3 is 2.57 bits per heavy atom. The average Bonchev–Trinajstić information content (AvgIpc) is 2.73. The minimum atomic E-state index is -0.522. The Balaban J connectivity index is 1.58. The minimum Gasteiger partial charge on any atom is -0.507 e. The molecule has 0 radical (unpaired) electrons. The third kappa shape index (κ3) is 5.42. The Morgan fingerprint density at radius 1 is 1.17 bits per heavy atom. The Kier molecular flexibility index (Phi) is 6.76. The zero-order chi connectivity index (χ0) is 21.5. The maximum Gasteiger partial charge on any atom is 0.275 e. The molecule has 152 valence electrons. The summed E-state index contributed by atoms with van der Waals surface area (Å²) in [4.78, 5) is 22.2. The second-order valence-electron chi connectivity index (χ2n) is 6.12. The van der Waals surface area contributed by atoms with Crippen molar-refractivity contribution in [2.75, 3.05) is 0 Å². The first-order valence-corrected chi connectivity index (χ1v) is 9.50. The van der Waals surface area contributed by atoms with Crippen molar-refractivity contribution >= 4 is 33.7 Å². The molecule has 0 fully saturated rings. The molecule has 3 rings (SSSR count). The Labute approximate surface area is 180 Å². The molecule has 0 saturated carbocycles. The number of non-ortho nitro benzene ring substituents is 1. The average molecular weight is 470 g/mol. The number of carbonyl (C=O) groups is 1. The number of ether oxygens (including phenoxy) is 1. The van der Waals surface area contributed by atoms with E-state index in [1.54, 1.807) is 42.5 Å². The van der Waals surface area contributed by atoms with E-state index in [2.05, 4.69) is 26.5 Å². The zero-order valence-electron chi connectivity index (χ0n) is 15.5. The molecule has 3 aromatic carbocycles. The number of nitro benzene ring substituents is 1. The highest BCUT2D eigenvalue weighted by Gasteiger charge is 2.09. The number of halogens is 1. The van der Waals surface area contributed by atoms with E-state index in [9.17, 15) is 20.0 Å². The lowest BCUT2D eigenvalue weighted by atomic mass is 10.2. The van der Waals surface area contributed by atoms with Crippen LogP contribution < -0.4 is 10.2 Å². The van der Waals surface area contributed by atoms with Crippen LogP contribution in [0.1, 0.15) is 21.5 Å². The topological polar surface area (TPSA) is 114 Å². The Bertz CT molecular complexity index is 1100. The van der Waals surface area contributed by atoms with Crippen molar-refractivity contribution in [2.24, 2.45) is 5.10 Å². The van der Waals surface area contributed by atoms with Gasteiger partial charge in [-0.3, -0.25) is 14.9 Å². The monoisotopic (exact) mass is 469 g/mol. The fraction of sp³-hybridized carbons (Fsp3) is 0.0476. The van der Waals surface area contributed by atoms with Crippen LogP contribution in [-0.2, 0) is 6.61 Å². The third-order valence-corrected chi connectivity index (χ3v) is 4.65. The second-order valence-corrected chi connectivity index (χ2v) is 6.97. The normalized spacial score (nSPS) is 10.7. The number of phenolic OH excluding ortho intramolecular Hbond substituents is 1. The van der Waals surface area contributed by atoms with Crippen molar-refractivity contribution in [2.45, 2.75) is 6.61 Å². The van der Waals surface area contributed by atoms with Gasteiger partial charge < -0.3 is 9.84 Å². The van der Waals surface area contributed by atoms with E-state index < -0.39 is 10.8 Å². The Morgan fingerprint density at radius 2 is 1.90 bits per heavy atom. The standard InChI is InChI=1S/C21H16BrN3O5/c22-18-11-15(12-23-24-21(27)17-3-1-2-4-19(17)26)7-10-20(18)30-13-14-5-8-16(9-6-14)25(28)29/h1-12,26H,13H2,(H,24,27)/b23-12+. The summed E-state index contributed by atoms with van der Waals surface area (Å²) < 4.78 is 6.41. The van der Waals surface area contributed by atoms with Crippen LogP contribution in [0.15, 0.2) is 76.3 Å². The van der Waals surface area contributed by atoms with E-state index in [-0.39, 0.29) is 23.6 Å². The molecule has 0 aromatic heterocycles. The van der Waals surface area contributed by atoms with Crippen LogP contribution in [0.4, 0.5) is 5.69 Å². The van der Waals surface area contributed by atoms with Gasteiger partial charge in [-0.25, -0.2) is 5.43 Å². The van der Waals surface area contributed by atoms with Gasteiger partial charge in [0.2, 0.25) is 0 Å². The first-order valence-electron chi connectivity index (χ1n) is 8.71. The molecule has 0 aliphatic rings. The summed E-state index contributed by atoms with van der Waals surface area (Å²) in [5.41, 5.74) is 4.02. The predicted molar refractivity (Wildman–Crippen MR) is 115 cm³/mol. The van der Waals surface area contributed by atoms with E-state index in [4.69, 9.17) is 4.74 Å². The van der Waals surface area contributed by atoms with E-state index in [0.29, 0.717) is 15.8 Å².